The first-order valence-electron chi connectivity index (χ1n) is 14.2. The Morgan fingerprint density at radius 3 is 2.53 bits per heavy atom. The molecule has 232 valence electrons. The lowest BCUT2D eigenvalue weighted by Gasteiger charge is -2.33. The normalized spacial score (nSPS) is 16.6. The molecule has 0 bridgehead atoms. The monoisotopic (exact) mass is 648 g/mol. The topological polar surface area (TPSA) is 83.1 Å². The number of fused-ring (bicyclic) bond motifs is 1. The van der Waals surface area contributed by atoms with E-state index in [1.807, 2.05) is 43.3 Å². The molecule has 1 atom stereocenters. The summed E-state index contributed by atoms with van der Waals surface area (Å²) in [5.41, 5.74) is 4.21. The number of carbonyl (C=O) groups excluding carboxylic acids is 2. The van der Waals surface area contributed by atoms with Gasteiger partial charge in [0.2, 0.25) is 0 Å². The summed E-state index contributed by atoms with van der Waals surface area (Å²) in [4.78, 5) is 31.3. The molecule has 0 saturated carbocycles. The molecular weight excluding hydrogens is 611 g/mol. The van der Waals surface area contributed by atoms with Gasteiger partial charge in [-0.1, -0.05) is 29.8 Å². The van der Waals surface area contributed by atoms with Gasteiger partial charge in [0.05, 0.1) is 19.3 Å². The highest BCUT2D eigenvalue weighted by Gasteiger charge is 2.33. The van der Waals surface area contributed by atoms with Crippen LogP contribution < -0.4 is 20.3 Å². The molecule has 2 amide bonds. The van der Waals surface area contributed by atoms with E-state index in [1.54, 1.807) is 29.2 Å². The van der Waals surface area contributed by atoms with Crippen molar-refractivity contribution >= 4 is 59.6 Å². The van der Waals surface area contributed by atoms with Crippen LogP contribution >= 0.6 is 36.4 Å². The van der Waals surface area contributed by atoms with Crippen LogP contribution in [0.5, 0.6) is 5.75 Å². The van der Waals surface area contributed by atoms with E-state index in [1.165, 1.54) is 7.11 Å². The Morgan fingerprint density at radius 1 is 1.02 bits per heavy atom. The third kappa shape index (κ3) is 8.41. The highest BCUT2D eigenvalue weighted by atomic mass is 35.5. The quantitative estimate of drug-likeness (QED) is 0.312. The summed E-state index contributed by atoms with van der Waals surface area (Å²) in [5, 5.41) is 6.94. The van der Waals surface area contributed by atoms with E-state index in [0.717, 1.165) is 62.4 Å². The Hall–Kier alpha value is -2.85. The summed E-state index contributed by atoms with van der Waals surface area (Å²) in [6, 6.07) is 18.2. The molecule has 3 aromatic rings. The summed E-state index contributed by atoms with van der Waals surface area (Å²) in [5.74, 6) is -0.0753. The van der Waals surface area contributed by atoms with Crippen LogP contribution in [-0.2, 0) is 11.2 Å². The molecule has 11 heteroatoms. The fraction of sp³-hybridized carbons (Fsp3) is 0.375. The van der Waals surface area contributed by atoms with Crippen LogP contribution in [0.1, 0.15) is 44.7 Å². The minimum absolute atomic E-state index is 0. The lowest BCUT2D eigenvalue weighted by Crippen LogP contribution is -2.46. The summed E-state index contributed by atoms with van der Waals surface area (Å²) in [7, 11) is 1.52. The second-order valence-corrected chi connectivity index (χ2v) is 10.9. The highest BCUT2D eigenvalue weighted by Crippen LogP contribution is 2.35. The summed E-state index contributed by atoms with van der Waals surface area (Å²) in [6.45, 7) is 7.16. The van der Waals surface area contributed by atoms with Crippen LogP contribution in [0.4, 0.5) is 11.4 Å². The Labute approximate surface area is 270 Å². The minimum Gasteiger partial charge on any atom is -0.496 e. The molecule has 5 rings (SSSR count). The molecule has 0 spiro atoms. The van der Waals surface area contributed by atoms with E-state index in [9.17, 15) is 9.59 Å². The highest BCUT2D eigenvalue weighted by molar-refractivity contribution is 6.30. The average Bonchev–Trinajstić information content (AvgIpc) is 3.16. The molecule has 1 saturated heterocycles. The number of hydrogen-bond acceptors (Lipinski definition) is 6. The van der Waals surface area contributed by atoms with Crippen LogP contribution in [0.15, 0.2) is 60.7 Å². The molecule has 2 aliphatic rings. The van der Waals surface area contributed by atoms with Gasteiger partial charge < -0.3 is 20.1 Å². The van der Waals surface area contributed by atoms with Gasteiger partial charge in [0.25, 0.3) is 11.8 Å². The van der Waals surface area contributed by atoms with Crippen molar-refractivity contribution in [1.29, 1.82) is 0 Å². The molecule has 43 heavy (non-hydrogen) atoms. The Kier molecular flexibility index (Phi) is 13.1. The van der Waals surface area contributed by atoms with E-state index >= 15 is 0 Å². The maximum atomic E-state index is 14.3. The molecule has 1 unspecified atom stereocenters. The largest absolute Gasteiger partial charge is 0.496 e. The number of benzene rings is 3. The first-order valence-corrected chi connectivity index (χ1v) is 14.5. The van der Waals surface area contributed by atoms with Gasteiger partial charge in [-0.2, -0.15) is 0 Å². The zero-order chi connectivity index (χ0) is 28.8. The lowest BCUT2D eigenvalue weighted by molar-refractivity contribution is 0.0276. The molecule has 0 aliphatic carbocycles. The zero-order valence-corrected chi connectivity index (χ0v) is 26.8. The number of halogens is 3. The van der Waals surface area contributed by atoms with Gasteiger partial charge in [-0.25, -0.2) is 0 Å². The van der Waals surface area contributed by atoms with Crippen molar-refractivity contribution in [3.8, 4) is 5.75 Å². The number of anilines is 2. The SMILES string of the molecule is COc1cc(NC(=O)c2ccccc2C)ccc1C(=O)N1c2ccc(Cl)cc2CCCC1OCCN1CCNCC1.Cl.Cl. The van der Waals surface area contributed by atoms with Crippen LogP contribution in [0.3, 0.4) is 0 Å². The third-order valence-electron chi connectivity index (χ3n) is 7.71. The first-order chi connectivity index (χ1) is 19.9. The molecule has 2 aliphatic heterocycles. The van der Waals surface area contributed by atoms with E-state index in [0.29, 0.717) is 40.6 Å². The number of carbonyl (C=O) groups is 2. The first kappa shape index (κ1) is 34.6. The van der Waals surface area contributed by atoms with Crippen LogP contribution in [0.25, 0.3) is 0 Å². The maximum absolute atomic E-state index is 14.3. The van der Waals surface area contributed by atoms with Gasteiger partial charge in [-0.05, 0) is 73.7 Å². The van der Waals surface area contributed by atoms with Crippen LogP contribution in [-0.4, -0.2) is 69.4 Å². The second-order valence-electron chi connectivity index (χ2n) is 10.4. The predicted octanol–water partition coefficient (Wildman–Crippen LogP) is 5.98. The minimum atomic E-state index is -0.432. The lowest BCUT2D eigenvalue weighted by atomic mass is 10.1. The van der Waals surface area contributed by atoms with E-state index in [-0.39, 0.29) is 36.6 Å². The third-order valence-corrected chi connectivity index (χ3v) is 7.95. The maximum Gasteiger partial charge on any atom is 0.264 e. The molecule has 0 radical (unpaired) electrons. The van der Waals surface area contributed by atoms with Gasteiger partial charge in [0.15, 0.2) is 0 Å². The smallest absolute Gasteiger partial charge is 0.264 e. The number of nitrogens with zero attached hydrogens (tertiary/aromatic N) is 2. The average molecular weight is 650 g/mol. The van der Waals surface area contributed by atoms with Crippen molar-refractivity contribution in [2.24, 2.45) is 0 Å². The Morgan fingerprint density at radius 2 is 1.79 bits per heavy atom. The summed E-state index contributed by atoms with van der Waals surface area (Å²) < 4.78 is 12.1. The second kappa shape index (κ2) is 16.3. The van der Waals surface area contributed by atoms with Crippen LogP contribution in [0, 0.1) is 6.92 Å². The van der Waals surface area contributed by atoms with Gasteiger partial charge in [-0.15, -0.1) is 24.8 Å². The van der Waals surface area contributed by atoms with Crippen molar-refractivity contribution in [2.75, 3.05) is 56.7 Å². The zero-order valence-electron chi connectivity index (χ0n) is 24.4. The number of ether oxygens (including phenoxy) is 2. The molecule has 3 aromatic carbocycles. The van der Waals surface area contributed by atoms with Gasteiger partial charge in [0, 0.05) is 60.8 Å². The number of aryl methyl sites for hydroxylation is 2. The fourth-order valence-corrected chi connectivity index (χ4v) is 5.69. The standard InChI is InChI=1S/C32H37ClN4O4.2ClH/c1-22-6-3-4-8-26(22)31(38)35-25-11-12-27(29(21-25)40-2)32(39)37-28-13-10-24(33)20-23(28)7-5-9-30(37)41-19-18-36-16-14-34-15-17-36;;/h3-4,6,8,10-13,20-21,30,34H,5,7,9,14-19H2,1-2H3,(H,35,38);2*1H. The van der Waals surface area contributed by atoms with Crippen molar-refractivity contribution < 1.29 is 19.1 Å². The molecule has 1 fully saturated rings. The summed E-state index contributed by atoms with van der Waals surface area (Å²) in [6.07, 6.45) is 1.94. The number of rotatable bonds is 8. The number of methoxy groups -OCH3 is 1. The number of nitrogens with one attached hydrogen (secondary N) is 2. The molecule has 8 nitrogen and oxygen atoms in total. The molecule has 2 N–H and O–H groups in total. The molecule has 2 heterocycles. The van der Waals surface area contributed by atoms with Gasteiger partial charge in [0.1, 0.15) is 12.0 Å². The fourth-order valence-electron chi connectivity index (χ4n) is 5.49. The number of piperazine rings is 1. The molecule has 0 aromatic heterocycles. The predicted molar refractivity (Wildman–Crippen MR) is 177 cm³/mol. The van der Waals surface area contributed by atoms with Gasteiger partial charge >= 0.3 is 0 Å². The van der Waals surface area contributed by atoms with Crippen molar-refractivity contribution in [3.05, 3.63) is 87.9 Å². The number of hydrogen-bond donors (Lipinski definition) is 2. The van der Waals surface area contributed by atoms with Crippen molar-refractivity contribution in [3.63, 3.8) is 0 Å². The Balaban J connectivity index is 0.00000253. The van der Waals surface area contributed by atoms with Crippen molar-refractivity contribution in [1.82, 2.24) is 10.2 Å². The number of amides is 2. The van der Waals surface area contributed by atoms with Gasteiger partial charge in [-0.3, -0.25) is 19.4 Å². The van der Waals surface area contributed by atoms with E-state index < -0.39 is 6.23 Å². The van der Waals surface area contributed by atoms with E-state index in [4.69, 9.17) is 21.1 Å². The van der Waals surface area contributed by atoms with Crippen LogP contribution in [0.2, 0.25) is 5.02 Å². The van der Waals surface area contributed by atoms with Crippen molar-refractivity contribution in [2.45, 2.75) is 32.4 Å². The summed E-state index contributed by atoms with van der Waals surface area (Å²) >= 11 is 6.34. The van der Waals surface area contributed by atoms with E-state index in [2.05, 4.69) is 15.5 Å². The molecular formula is C32H39Cl3N4O4. The Bertz CT molecular complexity index is 1400.